The maximum Gasteiger partial charge on any atom is 0.428 e. The van der Waals surface area contributed by atoms with Crippen LogP contribution < -0.4 is 10.9 Å². The van der Waals surface area contributed by atoms with E-state index in [-0.39, 0.29) is 26.3 Å². The van der Waals surface area contributed by atoms with Gasteiger partial charge in [0.05, 0.1) is 40.5 Å². The molecule has 0 aliphatic rings. The summed E-state index contributed by atoms with van der Waals surface area (Å²) in [6, 6.07) is 0. The maximum atomic E-state index is 11.2. The Bertz CT molecular complexity index is 393. The highest BCUT2D eigenvalue weighted by Crippen LogP contribution is 1.92. The van der Waals surface area contributed by atoms with Crippen LogP contribution in [0.25, 0.3) is 0 Å². The van der Waals surface area contributed by atoms with Gasteiger partial charge in [-0.1, -0.05) is 0 Å². The molecule has 0 atom stereocenters. The van der Waals surface area contributed by atoms with Crippen LogP contribution in [-0.2, 0) is 14.2 Å². The number of nitrogens with one attached hydrogen (secondary N) is 2. The first-order valence-electron chi connectivity index (χ1n) is 6.09. The van der Waals surface area contributed by atoms with Crippen molar-refractivity contribution in [2.45, 2.75) is 0 Å². The average Bonchev–Trinajstić information content (AvgIpc) is 2.49. The molecule has 0 aromatic rings. The van der Waals surface area contributed by atoms with Gasteiger partial charge in [0.1, 0.15) is 0 Å². The van der Waals surface area contributed by atoms with Crippen molar-refractivity contribution < 1.29 is 43.6 Å². The molecule has 13 nitrogen and oxygen atoms in total. The lowest BCUT2D eigenvalue weighted by atomic mass is 10.6. The molecule has 0 saturated heterocycles. The molecule has 0 radical (unpaired) electrons. The van der Waals surface area contributed by atoms with Crippen molar-refractivity contribution >= 4 is 24.4 Å². The molecule has 0 aliphatic heterocycles. The van der Waals surface area contributed by atoms with Crippen LogP contribution in [0.2, 0.25) is 0 Å². The number of hydrazine groups is 2. The van der Waals surface area contributed by atoms with Crippen LogP contribution in [0.1, 0.15) is 0 Å². The number of nitrogens with zero attached hydrogens (tertiary/aromatic N) is 2. The monoisotopic (exact) mass is 338 g/mol. The predicted octanol–water partition coefficient (Wildman–Crippen LogP) is -0.495. The van der Waals surface area contributed by atoms with Crippen molar-refractivity contribution in [1.82, 2.24) is 20.9 Å². The molecule has 0 unspecified atom stereocenters. The molecule has 4 N–H and O–H groups in total. The zero-order valence-corrected chi connectivity index (χ0v) is 12.5. The molecule has 0 spiro atoms. The van der Waals surface area contributed by atoms with Crippen LogP contribution in [0.5, 0.6) is 0 Å². The Labute approximate surface area is 130 Å². The van der Waals surface area contributed by atoms with Crippen LogP contribution in [0.15, 0.2) is 0 Å². The highest BCUT2D eigenvalue weighted by molar-refractivity contribution is 5.73. The lowest BCUT2D eigenvalue weighted by Crippen LogP contribution is -2.48. The van der Waals surface area contributed by atoms with E-state index in [9.17, 15) is 19.2 Å². The normalized spacial score (nSPS) is 9.48. The Hall–Kier alpha value is -2.96. The highest BCUT2D eigenvalue weighted by atomic mass is 16.6. The van der Waals surface area contributed by atoms with Gasteiger partial charge in [-0.05, 0) is 0 Å². The van der Waals surface area contributed by atoms with E-state index in [1.165, 1.54) is 0 Å². The number of ether oxygens (including phenoxy) is 3. The summed E-state index contributed by atoms with van der Waals surface area (Å²) in [7, 11) is 2.15. The third-order valence-corrected chi connectivity index (χ3v) is 2.17. The van der Waals surface area contributed by atoms with Gasteiger partial charge >= 0.3 is 24.4 Å². The molecule has 0 aromatic carbocycles. The Morgan fingerprint density at radius 1 is 0.826 bits per heavy atom. The molecule has 0 heterocycles. The van der Waals surface area contributed by atoms with E-state index in [0.29, 0.717) is 10.0 Å². The summed E-state index contributed by atoms with van der Waals surface area (Å²) < 4.78 is 13.8. The number of carboxylic acid groups (broad SMARTS) is 2. The van der Waals surface area contributed by atoms with E-state index in [1.54, 1.807) is 10.9 Å². The second-order valence-corrected chi connectivity index (χ2v) is 3.69. The summed E-state index contributed by atoms with van der Waals surface area (Å²) >= 11 is 0. The van der Waals surface area contributed by atoms with E-state index in [4.69, 9.17) is 14.9 Å². The van der Waals surface area contributed by atoms with Gasteiger partial charge in [-0.3, -0.25) is 0 Å². The van der Waals surface area contributed by atoms with Gasteiger partial charge in [0.2, 0.25) is 0 Å². The van der Waals surface area contributed by atoms with Crippen LogP contribution in [0.3, 0.4) is 0 Å². The minimum absolute atomic E-state index is 0.0997. The van der Waals surface area contributed by atoms with Crippen molar-refractivity contribution in [3.63, 3.8) is 0 Å². The summed E-state index contributed by atoms with van der Waals surface area (Å²) in [6.45, 7) is -0.526. The minimum atomic E-state index is -1.46. The Kier molecular flexibility index (Phi) is 9.34. The molecular formula is C10H18N4O9. The number of hydrogen-bond acceptors (Lipinski definition) is 7. The molecule has 4 amide bonds. The smallest absolute Gasteiger partial charge is 0.428 e. The molecule has 0 aromatic heterocycles. The topological polar surface area (TPSA) is 167 Å². The Morgan fingerprint density at radius 2 is 1.17 bits per heavy atom. The maximum absolute atomic E-state index is 11.2. The largest absolute Gasteiger partial charge is 0.464 e. The quantitative estimate of drug-likeness (QED) is 0.369. The number of hydrogen-bond donors (Lipinski definition) is 4. The first kappa shape index (κ1) is 20.0. The average molecular weight is 338 g/mol. The van der Waals surface area contributed by atoms with Crippen LogP contribution in [0.4, 0.5) is 19.2 Å². The van der Waals surface area contributed by atoms with Crippen molar-refractivity contribution in [3.05, 3.63) is 0 Å². The fourth-order valence-corrected chi connectivity index (χ4v) is 1.25. The molecule has 0 bridgehead atoms. The Balaban J connectivity index is 4.20. The van der Waals surface area contributed by atoms with Gasteiger partial charge < -0.3 is 24.4 Å². The van der Waals surface area contributed by atoms with E-state index in [0.717, 1.165) is 14.2 Å². The molecule has 0 aliphatic carbocycles. The van der Waals surface area contributed by atoms with Crippen LogP contribution >= 0.6 is 0 Å². The molecule has 13 heteroatoms. The van der Waals surface area contributed by atoms with E-state index in [1.807, 2.05) is 0 Å². The van der Waals surface area contributed by atoms with E-state index >= 15 is 0 Å². The fourth-order valence-electron chi connectivity index (χ4n) is 1.25. The predicted molar refractivity (Wildman–Crippen MR) is 71.4 cm³/mol. The standard InChI is InChI=1S/C10H18N4O9/c1-21-9(19)13(11-7(15)16)3-5-23-6-4-14(10(20)22-2)12-8(17)18/h11-12H,3-6H2,1-2H3,(H,15,16)(H,17,18). The number of amides is 4. The van der Waals surface area contributed by atoms with Gasteiger partial charge in [-0.15, -0.1) is 0 Å². The van der Waals surface area contributed by atoms with Crippen molar-refractivity contribution in [3.8, 4) is 0 Å². The van der Waals surface area contributed by atoms with Gasteiger partial charge in [0.15, 0.2) is 0 Å². The summed E-state index contributed by atoms with van der Waals surface area (Å²) in [4.78, 5) is 43.5. The third kappa shape index (κ3) is 8.82. The zero-order chi connectivity index (χ0) is 17.8. The minimum Gasteiger partial charge on any atom is -0.464 e. The van der Waals surface area contributed by atoms with Crippen molar-refractivity contribution in [1.29, 1.82) is 0 Å². The zero-order valence-electron chi connectivity index (χ0n) is 12.5. The summed E-state index contributed by atoms with van der Waals surface area (Å²) in [6.07, 6.45) is -4.78. The van der Waals surface area contributed by atoms with Gasteiger partial charge in [-0.25, -0.2) is 40.0 Å². The summed E-state index contributed by atoms with van der Waals surface area (Å²) in [5, 5.41) is 18.4. The van der Waals surface area contributed by atoms with Gasteiger partial charge in [-0.2, -0.15) is 0 Å². The third-order valence-electron chi connectivity index (χ3n) is 2.17. The van der Waals surface area contributed by atoms with Gasteiger partial charge in [0, 0.05) is 0 Å². The van der Waals surface area contributed by atoms with Crippen LogP contribution in [0, 0.1) is 0 Å². The van der Waals surface area contributed by atoms with E-state index < -0.39 is 24.4 Å². The van der Waals surface area contributed by atoms with E-state index in [2.05, 4.69) is 9.47 Å². The second-order valence-electron chi connectivity index (χ2n) is 3.69. The lowest BCUT2D eigenvalue weighted by molar-refractivity contribution is 0.0465. The first-order valence-corrected chi connectivity index (χ1v) is 6.09. The fraction of sp³-hybridized carbons (Fsp3) is 0.600. The van der Waals surface area contributed by atoms with Crippen molar-refractivity contribution in [2.75, 3.05) is 40.5 Å². The molecular weight excluding hydrogens is 320 g/mol. The van der Waals surface area contributed by atoms with Crippen molar-refractivity contribution in [2.24, 2.45) is 0 Å². The SMILES string of the molecule is COC(=O)N(CCOCCN(NC(=O)O)C(=O)OC)NC(=O)O. The van der Waals surface area contributed by atoms with Crippen LogP contribution in [-0.4, -0.2) is 85.1 Å². The molecule has 0 rings (SSSR count). The summed E-state index contributed by atoms with van der Waals surface area (Å²) in [5.41, 5.74) is 3.61. The highest BCUT2D eigenvalue weighted by Gasteiger charge is 2.17. The number of carbonyl (C=O) groups excluding carboxylic acids is 2. The number of carbonyl (C=O) groups is 4. The lowest BCUT2D eigenvalue weighted by Gasteiger charge is -2.21. The second kappa shape index (κ2) is 10.7. The number of rotatable bonds is 6. The summed E-state index contributed by atoms with van der Waals surface area (Å²) in [5.74, 6) is 0. The molecule has 23 heavy (non-hydrogen) atoms. The van der Waals surface area contributed by atoms with Gasteiger partial charge in [0.25, 0.3) is 0 Å². The Morgan fingerprint density at radius 3 is 1.43 bits per heavy atom. The molecule has 0 fully saturated rings. The number of methoxy groups -OCH3 is 2. The molecule has 0 saturated carbocycles. The first-order chi connectivity index (χ1) is 10.8. The molecule has 132 valence electrons.